The molecule has 0 aromatic rings. The highest BCUT2D eigenvalue weighted by Crippen LogP contribution is 2.20. The molecule has 0 saturated heterocycles. The lowest BCUT2D eigenvalue weighted by atomic mass is 10.4. The molecule has 0 unspecified atom stereocenters. The second kappa shape index (κ2) is 4.01. The zero-order valence-corrected chi connectivity index (χ0v) is 6.50. The van der Waals surface area contributed by atoms with Gasteiger partial charge < -0.3 is 4.74 Å². The van der Waals surface area contributed by atoms with Crippen LogP contribution in [0.3, 0.4) is 0 Å². The Morgan fingerprint density at radius 2 is 1.91 bits per heavy atom. The van der Waals surface area contributed by atoms with Crippen molar-refractivity contribution in [1.82, 2.24) is 0 Å². The number of ether oxygens (including phenoxy) is 1. The second-order valence-corrected chi connectivity index (χ2v) is 2.56. The maximum atomic E-state index is 11.4. The molecule has 0 aliphatic carbocycles. The van der Waals surface area contributed by atoms with E-state index in [1.54, 1.807) is 0 Å². The Balaban J connectivity index is 3.71. The SMILES string of the molecule is O=C(CC(F)(F)F)OC(Cl)Cl. The van der Waals surface area contributed by atoms with Crippen molar-refractivity contribution in [2.24, 2.45) is 0 Å². The molecular formula is C4H3Cl2F3O2. The van der Waals surface area contributed by atoms with E-state index >= 15 is 0 Å². The van der Waals surface area contributed by atoms with Gasteiger partial charge >= 0.3 is 12.1 Å². The summed E-state index contributed by atoms with van der Waals surface area (Å²) in [7, 11) is 0. The highest BCUT2D eigenvalue weighted by atomic mass is 35.5. The topological polar surface area (TPSA) is 26.3 Å². The number of alkyl halides is 5. The minimum atomic E-state index is -4.58. The molecule has 0 aliphatic rings. The summed E-state index contributed by atoms with van der Waals surface area (Å²) in [4.78, 5) is 10.2. The van der Waals surface area contributed by atoms with Crippen molar-refractivity contribution in [3.63, 3.8) is 0 Å². The lowest BCUT2D eigenvalue weighted by molar-refractivity contribution is -0.170. The number of halogens is 5. The monoisotopic (exact) mass is 210 g/mol. The van der Waals surface area contributed by atoms with Crippen LogP contribution in [0, 0.1) is 0 Å². The van der Waals surface area contributed by atoms with Crippen LogP contribution in [0.5, 0.6) is 0 Å². The van der Waals surface area contributed by atoms with E-state index in [9.17, 15) is 18.0 Å². The predicted molar refractivity (Wildman–Crippen MR) is 32.3 cm³/mol. The Hall–Kier alpha value is -0.160. The lowest BCUT2D eigenvalue weighted by Gasteiger charge is -2.06. The van der Waals surface area contributed by atoms with Gasteiger partial charge in [0.2, 0.25) is 0 Å². The average Bonchev–Trinajstić information content (AvgIpc) is 1.53. The summed E-state index contributed by atoms with van der Waals surface area (Å²) < 4.78 is 37.9. The Labute approximate surface area is 70.2 Å². The molecule has 0 atom stereocenters. The van der Waals surface area contributed by atoms with Crippen molar-refractivity contribution in [2.75, 3.05) is 0 Å². The van der Waals surface area contributed by atoms with Crippen LogP contribution < -0.4 is 0 Å². The first-order chi connectivity index (χ1) is 4.81. The molecule has 0 aromatic carbocycles. The van der Waals surface area contributed by atoms with Gasteiger partial charge in [0.15, 0.2) is 0 Å². The fraction of sp³-hybridized carbons (Fsp3) is 0.750. The van der Waals surface area contributed by atoms with E-state index < -0.39 is 23.6 Å². The maximum Gasteiger partial charge on any atom is 0.399 e. The summed E-state index contributed by atoms with van der Waals surface area (Å²) in [6.07, 6.45) is -6.26. The van der Waals surface area contributed by atoms with Crippen LogP contribution in [-0.2, 0) is 9.53 Å². The summed E-state index contributed by atoms with van der Waals surface area (Å²) in [6.45, 7) is 0. The van der Waals surface area contributed by atoms with Gasteiger partial charge in [0, 0.05) is 0 Å². The number of esters is 1. The number of hydrogen-bond donors (Lipinski definition) is 0. The first-order valence-electron chi connectivity index (χ1n) is 2.35. The Kier molecular flexibility index (Phi) is 3.96. The molecular weight excluding hydrogens is 208 g/mol. The molecule has 0 heterocycles. The Bertz CT molecular complexity index is 145. The van der Waals surface area contributed by atoms with Gasteiger partial charge in [-0.05, 0) is 0 Å². The molecule has 0 bridgehead atoms. The predicted octanol–water partition coefficient (Wildman–Crippen LogP) is 2.24. The largest absolute Gasteiger partial charge is 0.431 e. The minimum absolute atomic E-state index is 1.49. The standard InChI is InChI=1S/C4H3Cl2F3O2/c5-3(6)11-2(10)1-4(7,8)9/h3H,1H2. The van der Waals surface area contributed by atoms with E-state index in [0.717, 1.165) is 0 Å². The van der Waals surface area contributed by atoms with Crippen LogP contribution in [0.1, 0.15) is 6.42 Å². The summed E-state index contributed by atoms with van der Waals surface area (Å²) >= 11 is 9.71. The number of hydrogen-bond acceptors (Lipinski definition) is 2. The summed E-state index contributed by atoms with van der Waals surface area (Å²) in [5, 5.41) is -1.55. The molecule has 0 spiro atoms. The quantitative estimate of drug-likeness (QED) is 0.517. The van der Waals surface area contributed by atoms with Crippen molar-refractivity contribution in [1.29, 1.82) is 0 Å². The van der Waals surface area contributed by atoms with Crippen LogP contribution in [0.2, 0.25) is 0 Å². The molecule has 0 fully saturated rings. The fourth-order valence-corrected chi connectivity index (χ4v) is 0.503. The van der Waals surface area contributed by atoms with Crippen molar-refractivity contribution in [3.05, 3.63) is 0 Å². The van der Waals surface area contributed by atoms with Gasteiger partial charge in [-0.1, -0.05) is 23.2 Å². The summed E-state index contributed by atoms with van der Waals surface area (Å²) in [6, 6.07) is 0. The van der Waals surface area contributed by atoms with E-state index in [-0.39, 0.29) is 0 Å². The van der Waals surface area contributed by atoms with Crippen LogP contribution in [0.25, 0.3) is 0 Å². The van der Waals surface area contributed by atoms with Crippen LogP contribution in [0.4, 0.5) is 13.2 Å². The van der Waals surface area contributed by atoms with Crippen molar-refractivity contribution < 1.29 is 22.7 Å². The third-order valence-corrected chi connectivity index (χ3v) is 0.743. The van der Waals surface area contributed by atoms with Gasteiger partial charge in [0.25, 0.3) is 5.02 Å². The average molecular weight is 211 g/mol. The first-order valence-corrected chi connectivity index (χ1v) is 3.23. The molecule has 0 radical (unpaired) electrons. The van der Waals surface area contributed by atoms with E-state index in [1.165, 1.54) is 0 Å². The van der Waals surface area contributed by atoms with E-state index in [4.69, 9.17) is 23.2 Å². The smallest absolute Gasteiger partial charge is 0.399 e. The zero-order chi connectivity index (χ0) is 9.07. The molecule has 0 saturated carbocycles. The van der Waals surface area contributed by atoms with Crippen molar-refractivity contribution in [2.45, 2.75) is 17.6 Å². The highest BCUT2D eigenvalue weighted by Gasteiger charge is 2.32. The minimum Gasteiger partial charge on any atom is -0.431 e. The number of rotatable bonds is 2. The molecule has 66 valence electrons. The van der Waals surface area contributed by atoms with E-state index in [2.05, 4.69) is 4.74 Å². The lowest BCUT2D eigenvalue weighted by Crippen LogP contribution is -2.18. The molecule has 2 nitrogen and oxygen atoms in total. The second-order valence-electron chi connectivity index (χ2n) is 1.54. The van der Waals surface area contributed by atoms with Crippen LogP contribution in [0.15, 0.2) is 0 Å². The molecule has 0 rings (SSSR count). The van der Waals surface area contributed by atoms with Gasteiger partial charge in [-0.2, -0.15) is 13.2 Å². The molecule has 0 amide bonds. The third kappa shape index (κ3) is 7.74. The van der Waals surface area contributed by atoms with Gasteiger partial charge in [-0.3, -0.25) is 4.79 Å². The fourth-order valence-electron chi connectivity index (χ4n) is 0.305. The zero-order valence-electron chi connectivity index (χ0n) is 4.99. The molecule has 11 heavy (non-hydrogen) atoms. The first kappa shape index (κ1) is 10.8. The molecule has 0 aliphatic heterocycles. The van der Waals surface area contributed by atoms with Gasteiger partial charge in [-0.15, -0.1) is 0 Å². The molecule has 0 aromatic heterocycles. The number of carbonyl (C=O) groups is 1. The highest BCUT2D eigenvalue weighted by molar-refractivity contribution is 6.43. The van der Waals surface area contributed by atoms with Crippen molar-refractivity contribution in [3.8, 4) is 0 Å². The van der Waals surface area contributed by atoms with E-state index in [0.29, 0.717) is 0 Å². The Morgan fingerprint density at radius 3 is 2.18 bits per heavy atom. The maximum absolute atomic E-state index is 11.4. The number of carbonyl (C=O) groups excluding carboxylic acids is 1. The van der Waals surface area contributed by atoms with Crippen LogP contribution >= 0.6 is 23.2 Å². The van der Waals surface area contributed by atoms with Crippen molar-refractivity contribution >= 4 is 29.2 Å². The van der Waals surface area contributed by atoms with E-state index in [1.807, 2.05) is 0 Å². The third-order valence-electron chi connectivity index (χ3n) is 0.565. The van der Waals surface area contributed by atoms with Crippen LogP contribution in [-0.4, -0.2) is 17.2 Å². The molecule has 0 N–H and O–H groups in total. The van der Waals surface area contributed by atoms with Gasteiger partial charge in [0.05, 0.1) is 0 Å². The Morgan fingerprint density at radius 1 is 1.45 bits per heavy atom. The normalized spacial score (nSPS) is 11.8. The molecule has 7 heteroatoms. The summed E-state index contributed by atoms with van der Waals surface area (Å²) in [5.41, 5.74) is 0. The summed E-state index contributed by atoms with van der Waals surface area (Å²) in [5.74, 6) is -1.49. The van der Waals surface area contributed by atoms with Gasteiger partial charge in [-0.25, -0.2) is 0 Å². The van der Waals surface area contributed by atoms with Gasteiger partial charge in [0.1, 0.15) is 6.42 Å².